The van der Waals surface area contributed by atoms with Gasteiger partial charge in [-0.2, -0.15) is 0 Å². The summed E-state index contributed by atoms with van der Waals surface area (Å²) in [5.74, 6) is 6.31. The van der Waals surface area contributed by atoms with E-state index in [1.165, 1.54) is 5.56 Å². The summed E-state index contributed by atoms with van der Waals surface area (Å²) in [7, 11) is 0. The van der Waals surface area contributed by atoms with Gasteiger partial charge in [0.2, 0.25) is 0 Å². The molecular weight excluding hydrogens is 331 g/mol. The smallest absolute Gasteiger partial charge is 0.134 e. The van der Waals surface area contributed by atoms with Gasteiger partial charge in [-0.3, -0.25) is 0 Å². The summed E-state index contributed by atoms with van der Waals surface area (Å²) >= 11 is 0. The molecular formula is C26H25F. The van der Waals surface area contributed by atoms with Gasteiger partial charge in [0.1, 0.15) is 5.82 Å². The van der Waals surface area contributed by atoms with Crippen LogP contribution in [0.25, 0.3) is 10.8 Å². The highest BCUT2D eigenvalue weighted by atomic mass is 19.1. The molecule has 1 heteroatoms. The van der Waals surface area contributed by atoms with E-state index < -0.39 is 0 Å². The average molecular weight is 356 g/mol. The highest BCUT2D eigenvalue weighted by Gasteiger charge is 2.07. The summed E-state index contributed by atoms with van der Waals surface area (Å²) in [6.45, 7) is 5.88. The Labute approximate surface area is 161 Å². The highest BCUT2D eigenvalue weighted by Crippen LogP contribution is 2.23. The molecule has 0 saturated carbocycles. The third-order valence-corrected chi connectivity index (χ3v) is 4.78. The molecule has 0 aliphatic heterocycles. The molecule has 0 spiro atoms. The lowest BCUT2D eigenvalue weighted by atomic mass is 10.0. The van der Waals surface area contributed by atoms with Crippen LogP contribution in [0.1, 0.15) is 48.4 Å². The Morgan fingerprint density at radius 2 is 1.67 bits per heavy atom. The van der Waals surface area contributed by atoms with Crippen molar-refractivity contribution in [1.29, 1.82) is 0 Å². The molecule has 0 heterocycles. The van der Waals surface area contributed by atoms with Gasteiger partial charge in [-0.15, -0.1) is 6.58 Å². The minimum Gasteiger partial charge on any atom is -0.206 e. The van der Waals surface area contributed by atoms with Crippen molar-refractivity contribution in [3.8, 4) is 11.8 Å². The van der Waals surface area contributed by atoms with Crippen molar-refractivity contribution in [3.63, 3.8) is 0 Å². The number of unbranched alkanes of at least 4 members (excludes halogenated alkanes) is 1. The Morgan fingerprint density at radius 1 is 0.926 bits per heavy atom. The van der Waals surface area contributed by atoms with Crippen LogP contribution in [0.15, 0.2) is 67.3 Å². The normalized spacial score (nSPS) is 10.4. The van der Waals surface area contributed by atoms with Crippen molar-refractivity contribution >= 4 is 10.8 Å². The number of allylic oxidation sites excluding steroid dienone is 1. The Hall–Kier alpha value is -2.85. The van der Waals surface area contributed by atoms with Gasteiger partial charge in [0.25, 0.3) is 0 Å². The molecule has 0 fully saturated rings. The predicted octanol–water partition coefficient (Wildman–Crippen LogP) is 6.84. The van der Waals surface area contributed by atoms with Gasteiger partial charge in [0.05, 0.1) is 0 Å². The Morgan fingerprint density at radius 3 is 2.41 bits per heavy atom. The summed E-state index contributed by atoms with van der Waals surface area (Å²) in [6.07, 6.45) is 6.80. The Kier molecular flexibility index (Phi) is 6.44. The van der Waals surface area contributed by atoms with Crippen molar-refractivity contribution in [3.05, 3.63) is 95.3 Å². The summed E-state index contributed by atoms with van der Waals surface area (Å²) in [5.41, 5.74) is 3.98. The fourth-order valence-corrected chi connectivity index (χ4v) is 3.14. The number of rotatable bonds is 6. The van der Waals surface area contributed by atoms with E-state index in [-0.39, 0.29) is 5.82 Å². The van der Waals surface area contributed by atoms with Gasteiger partial charge in [-0.1, -0.05) is 61.6 Å². The molecule has 3 aromatic rings. The molecule has 27 heavy (non-hydrogen) atoms. The van der Waals surface area contributed by atoms with Gasteiger partial charge >= 0.3 is 0 Å². The summed E-state index contributed by atoms with van der Waals surface area (Å²) in [4.78, 5) is 0. The fourth-order valence-electron chi connectivity index (χ4n) is 3.14. The molecule has 0 aliphatic rings. The molecule has 0 amide bonds. The quantitative estimate of drug-likeness (QED) is 0.335. The number of aryl methyl sites for hydroxylation is 2. The van der Waals surface area contributed by atoms with E-state index in [1.807, 2.05) is 48.5 Å². The molecule has 136 valence electrons. The Balaban J connectivity index is 1.80. The molecule has 0 nitrogen and oxygen atoms in total. The van der Waals surface area contributed by atoms with Crippen molar-refractivity contribution in [1.82, 2.24) is 0 Å². The van der Waals surface area contributed by atoms with Gasteiger partial charge in [0.15, 0.2) is 0 Å². The summed E-state index contributed by atoms with van der Waals surface area (Å²) in [6, 6.07) is 18.0. The largest absolute Gasteiger partial charge is 0.206 e. The number of hydrogen-bond donors (Lipinski definition) is 0. The van der Waals surface area contributed by atoms with Crippen LogP contribution in [0.2, 0.25) is 0 Å². The first-order valence-electron chi connectivity index (χ1n) is 9.64. The van der Waals surface area contributed by atoms with Gasteiger partial charge in [0, 0.05) is 16.5 Å². The lowest BCUT2D eigenvalue weighted by Crippen LogP contribution is -1.92. The standard InChI is InChI=1S/C26H25F/c1-3-5-7-20-9-11-21(12-10-20)13-14-22-15-18-25-24(19-22)17-16-23(26(25)27)8-6-4-2/h3,9-12,15-19H,1,4-8H2,2H3. The minimum atomic E-state index is -0.0874. The summed E-state index contributed by atoms with van der Waals surface area (Å²) in [5, 5.41) is 1.58. The molecule has 0 aromatic heterocycles. The zero-order chi connectivity index (χ0) is 19.1. The van der Waals surface area contributed by atoms with E-state index in [0.29, 0.717) is 5.39 Å². The van der Waals surface area contributed by atoms with Crippen LogP contribution >= 0.6 is 0 Å². The molecule has 0 bridgehead atoms. The fraction of sp³-hybridized carbons (Fsp3) is 0.231. The van der Waals surface area contributed by atoms with E-state index in [2.05, 4.69) is 37.5 Å². The predicted molar refractivity (Wildman–Crippen MR) is 113 cm³/mol. The van der Waals surface area contributed by atoms with Crippen molar-refractivity contribution in [2.24, 2.45) is 0 Å². The van der Waals surface area contributed by atoms with Crippen LogP contribution in [0, 0.1) is 17.7 Å². The van der Waals surface area contributed by atoms with Crippen LogP contribution < -0.4 is 0 Å². The minimum absolute atomic E-state index is 0.0874. The SMILES string of the molecule is C=CCCc1ccc(C#Cc2ccc3c(F)c(CCCC)ccc3c2)cc1. The van der Waals surface area contributed by atoms with E-state index in [0.717, 1.165) is 54.2 Å². The molecule has 3 rings (SSSR count). The van der Waals surface area contributed by atoms with Crippen LogP contribution in [-0.4, -0.2) is 0 Å². The monoisotopic (exact) mass is 356 g/mol. The Bertz CT molecular complexity index is 984. The first kappa shape index (κ1) is 18.9. The van der Waals surface area contributed by atoms with E-state index >= 15 is 0 Å². The van der Waals surface area contributed by atoms with Gasteiger partial charge in [-0.05, 0) is 66.5 Å². The zero-order valence-electron chi connectivity index (χ0n) is 15.9. The highest BCUT2D eigenvalue weighted by molar-refractivity contribution is 5.85. The molecule has 0 saturated heterocycles. The molecule has 0 radical (unpaired) electrons. The number of halogens is 1. The first-order valence-corrected chi connectivity index (χ1v) is 9.64. The maximum absolute atomic E-state index is 14.7. The van der Waals surface area contributed by atoms with Crippen molar-refractivity contribution in [2.45, 2.75) is 39.0 Å². The molecule has 0 unspecified atom stereocenters. The van der Waals surface area contributed by atoms with Gasteiger partial charge < -0.3 is 0 Å². The van der Waals surface area contributed by atoms with E-state index in [4.69, 9.17) is 0 Å². The van der Waals surface area contributed by atoms with E-state index in [1.54, 1.807) is 0 Å². The second-order valence-electron chi connectivity index (χ2n) is 6.85. The van der Waals surface area contributed by atoms with E-state index in [9.17, 15) is 4.39 Å². The van der Waals surface area contributed by atoms with Crippen LogP contribution in [0.4, 0.5) is 4.39 Å². The molecule has 0 N–H and O–H groups in total. The zero-order valence-corrected chi connectivity index (χ0v) is 15.9. The second-order valence-corrected chi connectivity index (χ2v) is 6.85. The number of benzene rings is 3. The van der Waals surface area contributed by atoms with Crippen molar-refractivity contribution < 1.29 is 4.39 Å². The van der Waals surface area contributed by atoms with Crippen LogP contribution in [0.3, 0.4) is 0 Å². The molecule has 0 aliphatic carbocycles. The van der Waals surface area contributed by atoms with Gasteiger partial charge in [-0.25, -0.2) is 4.39 Å². The lowest BCUT2D eigenvalue weighted by Gasteiger charge is -2.06. The first-order chi connectivity index (χ1) is 13.2. The lowest BCUT2D eigenvalue weighted by molar-refractivity contribution is 0.614. The topological polar surface area (TPSA) is 0 Å². The maximum atomic E-state index is 14.7. The second kappa shape index (κ2) is 9.19. The number of hydrogen-bond acceptors (Lipinski definition) is 0. The summed E-state index contributed by atoms with van der Waals surface area (Å²) < 4.78 is 14.7. The average Bonchev–Trinajstić information content (AvgIpc) is 2.71. The third-order valence-electron chi connectivity index (χ3n) is 4.78. The number of fused-ring (bicyclic) bond motifs is 1. The van der Waals surface area contributed by atoms with Crippen LogP contribution in [-0.2, 0) is 12.8 Å². The molecule has 0 atom stereocenters. The van der Waals surface area contributed by atoms with Crippen molar-refractivity contribution in [2.75, 3.05) is 0 Å². The molecule has 3 aromatic carbocycles. The third kappa shape index (κ3) is 4.86. The maximum Gasteiger partial charge on any atom is 0.134 e. The van der Waals surface area contributed by atoms with Crippen LogP contribution in [0.5, 0.6) is 0 Å².